The van der Waals surface area contributed by atoms with Crippen molar-refractivity contribution in [3.05, 3.63) is 34.3 Å². The largest absolute Gasteiger partial charge is 0.355 e. The number of halogens is 1. The molecule has 0 spiro atoms. The van der Waals surface area contributed by atoms with Crippen LogP contribution in [-0.4, -0.2) is 49.4 Å². The molecule has 0 saturated carbocycles. The lowest BCUT2D eigenvalue weighted by Gasteiger charge is -2.17. The van der Waals surface area contributed by atoms with Crippen LogP contribution >= 0.6 is 15.9 Å². The van der Waals surface area contributed by atoms with Crippen LogP contribution in [0.4, 0.5) is 0 Å². The number of hydrogen-bond acceptors (Lipinski definition) is 3. The van der Waals surface area contributed by atoms with Crippen molar-refractivity contribution in [2.24, 2.45) is 0 Å². The van der Waals surface area contributed by atoms with Crippen LogP contribution in [-0.2, 0) is 4.79 Å². The summed E-state index contributed by atoms with van der Waals surface area (Å²) in [5, 5.41) is 5.61. The van der Waals surface area contributed by atoms with E-state index in [9.17, 15) is 9.59 Å². The third-order valence-electron chi connectivity index (χ3n) is 3.39. The Labute approximate surface area is 140 Å². The van der Waals surface area contributed by atoms with Gasteiger partial charge in [-0.15, -0.1) is 0 Å². The molecule has 0 atom stereocenters. The normalized spacial score (nSPS) is 10.5. The number of hydrogen-bond donors (Lipinski definition) is 2. The molecule has 0 aliphatic carbocycles. The lowest BCUT2D eigenvalue weighted by molar-refractivity contribution is -0.121. The smallest absolute Gasteiger partial charge is 0.251 e. The Morgan fingerprint density at radius 2 is 1.68 bits per heavy atom. The van der Waals surface area contributed by atoms with E-state index in [1.807, 2.05) is 12.1 Å². The maximum atomic E-state index is 11.9. The van der Waals surface area contributed by atoms with Gasteiger partial charge in [-0.2, -0.15) is 0 Å². The van der Waals surface area contributed by atoms with Crippen LogP contribution < -0.4 is 10.6 Å². The molecule has 1 aromatic carbocycles. The first-order chi connectivity index (χ1) is 10.6. The zero-order valence-electron chi connectivity index (χ0n) is 13.2. The summed E-state index contributed by atoms with van der Waals surface area (Å²) in [5.74, 6) is -0.202. The third kappa shape index (κ3) is 7.04. The lowest BCUT2D eigenvalue weighted by Crippen LogP contribution is -2.36. The molecule has 1 rings (SSSR count). The topological polar surface area (TPSA) is 61.4 Å². The Balaban J connectivity index is 2.19. The van der Waals surface area contributed by atoms with E-state index in [4.69, 9.17) is 0 Å². The number of carbonyl (C=O) groups is 2. The molecule has 22 heavy (non-hydrogen) atoms. The fraction of sp³-hybridized carbons (Fsp3) is 0.500. The quantitative estimate of drug-likeness (QED) is 0.699. The molecule has 2 N–H and O–H groups in total. The van der Waals surface area contributed by atoms with Crippen LogP contribution in [0.5, 0.6) is 0 Å². The minimum Gasteiger partial charge on any atom is -0.355 e. The minimum absolute atomic E-state index is 0.0386. The van der Waals surface area contributed by atoms with Crippen LogP contribution in [0.1, 0.15) is 30.6 Å². The lowest BCUT2D eigenvalue weighted by atomic mass is 10.2. The summed E-state index contributed by atoms with van der Waals surface area (Å²) < 4.78 is 0.927. The first-order valence-electron chi connectivity index (χ1n) is 7.59. The molecule has 0 aliphatic heterocycles. The summed E-state index contributed by atoms with van der Waals surface area (Å²) in [6, 6.07) is 7.11. The fourth-order valence-corrected chi connectivity index (χ4v) is 2.24. The first-order valence-corrected chi connectivity index (χ1v) is 8.39. The minimum atomic E-state index is -0.163. The number of nitrogens with zero attached hydrogens (tertiary/aromatic N) is 1. The van der Waals surface area contributed by atoms with Crippen molar-refractivity contribution in [1.29, 1.82) is 0 Å². The molecule has 0 bridgehead atoms. The Morgan fingerprint density at radius 1 is 1.05 bits per heavy atom. The first kappa shape index (κ1) is 18.6. The predicted molar refractivity (Wildman–Crippen MR) is 91.9 cm³/mol. The van der Waals surface area contributed by atoms with E-state index in [1.165, 1.54) is 0 Å². The highest BCUT2D eigenvalue weighted by Gasteiger charge is 2.06. The number of likely N-dealkylation sites (N-methyl/N-ethyl adjacent to an activating group) is 1. The van der Waals surface area contributed by atoms with Gasteiger partial charge in [-0.1, -0.05) is 29.8 Å². The van der Waals surface area contributed by atoms with Gasteiger partial charge in [0.2, 0.25) is 5.91 Å². The highest BCUT2D eigenvalue weighted by Crippen LogP contribution is 2.10. The van der Waals surface area contributed by atoms with Crippen LogP contribution in [0.2, 0.25) is 0 Å². The second kappa shape index (κ2) is 10.3. The highest BCUT2D eigenvalue weighted by molar-refractivity contribution is 9.10. The number of nitrogens with one attached hydrogen (secondary N) is 2. The predicted octanol–water partition coefficient (Wildman–Crippen LogP) is 2.03. The molecular weight excluding hydrogens is 346 g/mol. The molecule has 5 nitrogen and oxygen atoms in total. The second-order valence-corrected chi connectivity index (χ2v) is 5.81. The average Bonchev–Trinajstić information content (AvgIpc) is 2.52. The molecule has 0 aliphatic rings. The Hall–Kier alpha value is -1.40. The Morgan fingerprint density at radius 3 is 2.27 bits per heavy atom. The van der Waals surface area contributed by atoms with E-state index in [1.54, 1.807) is 12.1 Å². The molecule has 122 valence electrons. The molecule has 0 fully saturated rings. The van der Waals surface area contributed by atoms with Crippen LogP contribution in [0, 0.1) is 0 Å². The summed E-state index contributed by atoms with van der Waals surface area (Å²) in [5.41, 5.74) is 0.588. The van der Waals surface area contributed by atoms with Gasteiger partial charge in [0.15, 0.2) is 0 Å². The Bertz CT molecular complexity index is 473. The monoisotopic (exact) mass is 369 g/mol. The van der Waals surface area contributed by atoms with E-state index < -0.39 is 0 Å². The van der Waals surface area contributed by atoms with Gasteiger partial charge in [0.25, 0.3) is 5.91 Å². The van der Waals surface area contributed by atoms with E-state index in [2.05, 4.69) is 45.3 Å². The van der Waals surface area contributed by atoms with Gasteiger partial charge in [0, 0.05) is 36.1 Å². The molecular formula is C16H24BrN3O2. The van der Waals surface area contributed by atoms with Crippen molar-refractivity contribution >= 4 is 27.7 Å². The van der Waals surface area contributed by atoms with E-state index in [0.717, 1.165) is 24.1 Å². The number of rotatable bonds is 9. The maximum Gasteiger partial charge on any atom is 0.251 e. The van der Waals surface area contributed by atoms with Crippen LogP contribution in [0.15, 0.2) is 28.7 Å². The van der Waals surface area contributed by atoms with Gasteiger partial charge < -0.3 is 15.5 Å². The van der Waals surface area contributed by atoms with Crippen molar-refractivity contribution < 1.29 is 9.59 Å². The summed E-state index contributed by atoms with van der Waals surface area (Å²) >= 11 is 3.32. The second-order valence-electron chi connectivity index (χ2n) is 4.89. The Kier molecular flexibility index (Phi) is 8.77. The average molecular weight is 370 g/mol. The van der Waals surface area contributed by atoms with Gasteiger partial charge in [-0.25, -0.2) is 0 Å². The summed E-state index contributed by atoms with van der Waals surface area (Å²) in [6.45, 7) is 7.99. The van der Waals surface area contributed by atoms with Crippen LogP contribution in [0.25, 0.3) is 0 Å². The molecule has 1 aromatic rings. The van der Waals surface area contributed by atoms with E-state index >= 15 is 0 Å². The molecule has 0 radical (unpaired) electrons. The summed E-state index contributed by atoms with van der Waals surface area (Å²) in [7, 11) is 0. The molecule has 2 amide bonds. The van der Waals surface area contributed by atoms with Crippen molar-refractivity contribution in [1.82, 2.24) is 15.5 Å². The van der Waals surface area contributed by atoms with Gasteiger partial charge in [0.05, 0.1) is 0 Å². The standard InChI is InChI=1S/C16H24BrN3O2/c1-3-20(4-2)12-11-18-15(21)9-10-19-16(22)13-5-7-14(17)8-6-13/h5-8H,3-4,9-12H2,1-2H3,(H,18,21)(H,19,22). The van der Waals surface area contributed by atoms with Gasteiger partial charge in [-0.05, 0) is 37.4 Å². The molecule has 0 aromatic heterocycles. The third-order valence-corrected chi connectivity index (χ3v) is 3.92. The number of amides is 2. The summed E-state index contributed by atoms with van der Waals surface area (Å²) in [6.07, 6.45) is 0.292. The van der Waals surface area contributed by atoms with Crippen molar-refractivity contribution in [2.75, 3.05) is 32.7 Å². The van der Waals surface area contributed by atoms with Crippen molar-refractivity contribution in [2.45, 2.75) is 20.3 Å². The fourth-order valence-electron chi connectivity index (χ4n) is 1.97. The maximum absolute atomic E-state index is 11.9. The molecule has 0 heterocycles. The van der Waals surface area contributed by atoms with Gasteiger partial charge in [0.1, 0.15) is 0 Å². The number of carbonyl (C=O) groups excluding carboxylic acids is 2. The number of benzene rings is 1. The van der Waals surface area contributed by atoms with Gasteiger partial charge >= 0.3 is 0 Å². The molecule has 6 heteroatoms. The van der Waals surface area contributed by atoms with E-state index in [0.29, 0.717) is 25.1 Å². The van der Waals surface area contributed by atoms with Gasteiger partial charge in [-0.3, -0.25) is 9.59 Å². The molecule has 0 saturated heterocycles. The molecule has 0 unspecified atom stereocenters. The highest BCUT2D eigenvalue weighted by atomic mass is 79.9. The van der Waals surface area contributed by atoms with Crippen molar-refractivity contribution in [3.8, 4) is 0 Å². The van der Waals surface area contributed by atoms with Crippen molar-refractivity contribution in [3.63, 3.8) is 0 Å². The zero-order chi connectivity index (χ0) is 16.4. The summed E-state index contributed by atoms with van der Waals surface area (Å²) in [4.78, 5) is 25.8. The van der Waals surface area contributed by atoms with E-state index in [-0.39, 0.29) is 11.8 Å². The SMILES string of the molecule is CCN(CC)CCNC(=O)CCNC(=O)c1ccc(Br)cc1. The zero-order valence-corrected chi connectivity index (χ0v) is 14.8. The van der Waals surface area contributed by atoms with Crippen LogP contribution in [0.3, 0.4) is 0 Å².